The van der Waals surface area contributed by atoms with Crippen LogP contribution < -0.4 is 0 Å². The maximum Gasteiger partial charge on any atom is 0.320 e. The van der Waals surface area contributed by atoms with Crippen LogP contribution >= 0.6 is 0 Å². The van der Waals surface area contributed by atoms with Crippen molar-refractivity contribution >= 4 is 5.97 Å². The van der Waals surface area contributed by atoms with E-state index in [2.05, 4.69) is 94.9 Å². The lowest BCUT2D eigenvalue weighted by Gasteiger charge is -2.07. The molecule has 3 heteroatoms. The van der Waals surface area contributed by atoms with Crippen LogP contribution in [-0.4, -0.2) is 11.1 Å². The number of phenols is 1. The first kappa shape index (κ1) is 24.0. The van der Waals surface area contributed by atoms with Crippen molar-refractivity contribution in [3.05, 3.63) is 28.8 Å². The average Bonchev–Trinajstić information content (AvgIpc) is 2.75. The number of rotatable bonds is 3. The molecule has 0 aliphatic heterocycles. The molecule has 1 N–H and O–H groups in total. The van der Waals surface area contributed by atoms with Crippen LogP contribution in [0.1, 0.15) is 30.0 Å². The van der Waals surface area contributed by atoms with Crippen LogP contribution in [0, 0.1) is 109 Å². The quantitative estimate of drug-likeness (QED) is 0.627. The molecule has 0 amide bonds. The van der Waals surface area contributed by atoms with Gasteiger partial charge in [0.1, 0.15) is 11.9 Å². The van der Waals surface area contributed by atoms with Crippen LogP contribution in [0.2, 0.25) is 0 Å². The van der Waals surface area contributed by atoms with Gasteiger partial charge in [0.25, 0.3) is 0 Å². The number of carbonyl (C=O) groups is 1. The number of phenolic OH excluding ortho intramolecular Hbond substituents is 1. The summed E-state index contributed by atoms with van der Waals surface area (Å²) in [7, 11) is 0. The Labute approximate surface area is 184 Å². The summed E-state index contributed by atoms with van der Waals surface area (Å²) < 4.78 is 4.79. The molecular weight excluding hydrogens is 384 g/mol. The topological polar surface area (TPSA) is 46.5 Å². The van der Waals surface area contributed by atoms with Crippen molar-refractivity contribution in [3.8, 4) is 101 Å². The fourth-order valence-electron chi connectivity index (χ4n) is 2.03. The molecule has 1 rings (SSSR count). The number of carbonyl (C=O) groups excluding carboxylic acids is 1. The summed E-state index contributed by atoms with van der Waals surface area (Å²) in [5, 5.41) is 9.76. The smallest absolute Gasteiger partial charge is 0.320 e. The molecular formula is C28H16O3. The van der Waals surface area contributed by atoms with E-state index in [9.17, 15) is 9.90 Å². The molecule has 146 valence electrons. The molecule has 0 aliphatic rings. The first-order valence-electron chi connectivity index (χ1n) is 8.95. The fourth-order valence-corrected chi connectivity index (χ4v) is 2.03. The second-order valence-electron chi connectivity index (χ2n) is 5.65. The number of hydrogen-bond donors (Lipinski definition) is 1. The van der Waals surface area contributed by atoms with E-state index >= 15 is 0 Å². The third kappa shape index (κ3) is 11.4. The van der Waals surface area contributed by atoms with Crippen LogP contribution in [0.15, 0.2) is 12.1 Å². The predicted octanol–water partition coefficient (Wildman–Crippen LogP) is 2.49. The van der Waals surface area contributed by atoms with Crippen molar-refractivity contribution in [1.29, 1.82) is 0 Å². The molecule has 0 aromatic heterocycles. The Bertz CT molecular complexity index is 1320. The first-order chi connectivity index (χ1) is 15.0. The van der Waals surface area contributed by atoms with Crippen molar-refractivity contribution in [3.63, 3.8) is 0 Å². The third-order valence-corrected chi connectivity index (χ3v) is 3.32. The number of aromatic hydroxyl groups is 1. The first-order valence-corrected chi connectivity index (χ1v) is 8.95. The van der Waals surface area contributed by atoms with Gasteiger partial charge in [-0.1, -0.05) is 18.1 Å². The normalized spacial score (nSPS) is 6.94. The second-order valence-corrected chi connectivity index (χ2v) is 5.65. The minimum Gasteiger partial charge on any atom is -0.507 e. The van der Waals surface area contributed by atoms with Crippen LogP contribution in [0.25, 0.3) is 0 Å². The van der Waals surface area contributed by atoms with Crippen molar-refractivity contribution < 1.29 is 14.6 Å². The van der Waals surface area contributed by atoms with E-state index in [0.29, 0.717) is 6.42 Å². The Kier molecular flexibility index (Phi) is 11.6. The van der Waals surface area contributed by atoms with Gasteiger partial charge in [0.15, 0.2) is 0 Å². The minimum atomic E-state index is -0.458. The monoisotopic (exact) mass is 400 g/mol. The van der Waals surface area contributed by atoms with Crippen LogP contribution in [0.3, 0.4) is 0 Å². The van der Waals surface area contributed by atoms with Gasteiger partial charge in [0, 0.05) is 41.4 Å². The molecule has 0 heterocycles. The Balaban J connectivity index is 2.41. The highest BCUT2D eigenvalue weighted by Gasteiger charge is 2.06. The van der Waals surface area contributed by atoms with Gasteiger partial charge in [-0.05, 0) is 85.3 Å². The van der Waals surface area contributed by atoms with Crippen LogP contribution in [0.5, 0.6) is 5.75 Å². The summed E-state index contributed by atoms with van der Waals surface area (Å²) in [6.45, 7) is 5.31. The summed E-state index contributed by atoms with van der Waals surface area (Å²) in [5.74, 6) is 37.2. The molecule has 1 aromatic carbocycles. The third-order valence-electron chi connectivity index (χ3n) is 3.32. The zero-order valence-electron chi connectivity index (χ0n) is 17.3. The number of benzene rings is 1. The van der Waals surface area contributed by atoms with Gasteiger partial charge in [-0.25, -0.2) is 0 Å². The lowest BCUT2D eigenvalue weighted by Crippen LogP contribution is -2.02. The van der Waals surface area contributed by atoms with Crippen molar-refractivity contribution in [2.75, 3.05) is 0 Å². The number of esters is 1. The van der Waals surface area contributed by atoms with Gasteiger partial charge in [-0.2, -0.15) is 0 Å². The lowest BCUT2D eigenvalue weighted by molar-refractivity contribution is -0.136. The Hall–Kier alpha value is -5.03. The Morgan fingerprint density at radius 2 is 1.19 bits per heavy atom. The van der Waals surface area contributed by atoms with Gasteiger partial charge in [0.2, 0.25) is 0 Å². The van der Waals surface area contributed by atoms with Gasteiger partial charge in [-0.15, -0.1) is 0 Å². The van der Waals surface area contributed by atoms with E-state index in [0.717, 1.165) is 16.7 Å². The minimum absolute atomic E-state index is 0.173. The zero-order valence-corrected chi connectivity index (χ0v) is 17.3. The SMILES string of the molecule is CC#CC#CC#CC#CC#CC#CC#CC#COC(=O)CCc1cc(C)c(O)c(C)c1. The largest absolute Gasteiger partial charge is 0.507 e. The number of hydrogen-bond acceptors (Lipinski definition) is 3. The average molecular weight is 400 g/mol. The van der Waals surface area contributed by atoms with Gasteiger partial charge in [0.05, 0.1) is 6.42 Å². The maximum atomic E-state index is 11.7. The molecule has 0 aliphatic carbocycles. The molecule has 0 bridgehead atoms. The molecule has 0 unspecified atom stereocenters. The highest BCUT2D eigenvalue weighted by atomic mass is 16.5. The molecule has 3 nitrogen and oxygen atoms in total. The van der Waals surface area contributed by atoms with Gasteiger partial charge < -0.3 is 9.84 Å². The lowest BCUT2D eigenvalue weighted by atomic mass is 10.0. The van der Waals surface area contributed by atoms with Crippen molar-refractivity contribution in [2.45, 2.75) is 33.6 Å². The summed E-state index contributed by atoms with van der Waals surface area (Å²) in [6.07, 6.45) is 2.89. The van der Waals surface area contributed by atoms with Crippen molar-refractivity contribution in [1.82, 2.24) is 0 Å². The molecule has 1 aromatic rings. The fraction of sp³-hybridized carbons (Fsp3) is 0.179. The van der Waals surface area contributed by atoms with E-state index in [4.69, 9.17) is 4.74 Å². The van der Waals surface area contributed by atoms with Crippen molar-refractivity contribution in [2.24, 2.45) is 0 Å². The maximum absolute atomic E-state index is 11.7. The summed E-state index contributed by atoms with van der Waals surface area (Å²) >= 11 is 0. The number of ether oxygens (including phenoxy) is 1. The predicted molar refractivity (Wildman–Crippen MR) is 120 cm³/mol. The molecule has 0 saturated heterocycles. The molecule has 31 heavy (non-hydrogen) atoms. The molecule has 0 atom stereocenters. The zero-order chi connectivity index (χ0) is 22.7. The van der Waals surface area contributed by atoms with E-state index in [-0.39, 0.29) is 12.2 Å². The summed E-state index contributed by atoms with van der Waals surface area (Å²) in [6, 6.07) is 3.68. The number of aryl methyl sites for hydroxylation is 3. The highest BCUT2D eigenvalue weighted by molar-refractivity contribution is 5.71. The standard InChI is InChI=1S/C28H16O3/c1-4-5-6-7-8-9-10-11-12-13-14-15-16-17-18-21-31-27(29)20-19-26-22-24(2)28(30)25(3)23-26/h22-23,30H,19-20H2,1-3H3. The van der Waals surface area contributed by atoms with Crippen LogP contribution in [-0.2, 0) is 16.0 Å². The Morgan fingerprint density at radius 3 is 1.65 bits per heavy atom. The molecule has 0 fully saturated rings. The summed E-state index contributed by atoms with van der Waals surface area (Å²) in [5.41, 5.74) is 2.49. The second kappa shape index (κ2) is 15.0. The molecule has 0 spiro atoms. The van der Waals surface area contributed by atoms with E-state index in [1.807, 2.05) is 26.0 Å². The summed E-state index contributed by atoms with van der Waals surface area (Å²) in [4.78, 5) is 11.7. The molecule has 0 saturated carbocycles. The van der Waals surface area contributed by atoms with E-state index in [1.54, 1.807) is 6.92 Å². The van der Waals surface area contributed by atoms with Gasteiger partial charge >= 0.3 is 5.97 Å². The highest BCUT2D eigenvalue weighted by Crippen LogP contribution is 2.23. The van der Waals surface area contributed by atoms with E-state index < -0.39 is 5.97 Å². The van der Waals surface area contributed by atoms with Crippen LogP contribution in [0.4, 0.5) is 0 Å². The molecule has 0 radical (unpaired) electrons. The van der Waals surface area contributed by atoms with E-state index in [1.165, 1.54) is 0 Å². The van der Waals surface area contributed by atoms with Gasteiger partial charge in [-0.3, -0.25) is 4.79 Å². The Morgan fingerprint density at radius 1 is 0.774 bits per heavy atom.